The highest BCUT2D eigenvalue weighted by Crippen LogP contribution is 1.91. The second-order valence-electron chi connectivity index (χ2n) is 3.43. The number of carbonyl (C=O) groups excluding carboxylic acids is 1. The molecule has 0 spiro atoms. The van der Waals surface area contributed by atoms with E-state index in [-0.39, 0.29) is 0 Å². The molecule has 5 nitrogen and oxygen atoms in total. The molecule has 0 amide bonds. The van der Waals surface area contributed by atoms with Gasteiger partial charge < -0.3 is 14.4 Å². The van der Waals surface area contributed by atoms with Gasteiger partial charge in [0.1, 0.15) is 6.10 Å². The highest BCUT2D eigenvalue weighted by atomic mass is 16.5. The first-order chi connectivity index (χ1) is 7.57. The minimum atomic E-state index is -0.989. The lowest BCUT2D eigenvalue weighted by molar-refractivity contribution is -0.152. The monoisotopic (exact) mass is 228 g/mol. The summed E-state index contributed by atoms with van der Waals surface area (Å²) in [6.07, 6.45) is 6.25. The number of carbonyl (C=O) groups is 1. The Hall–Kier alpha value is -1.36. The van der Waals surface area contributed by atoms with Gasteiger partial charge in [-0.15, -0.1) is 0 Å². The maximum Gasteiger partial charge on any atom is 0.334 e. The number of unbranched alkanes of at least 4 members (excludes halogenated alkanes) is 1. The normalized spacial score (nSPS) is 11.2. The molecule has 0 saturated carbocycles. The Balaban J connectivity index is 0.000000315. The fraction of sp³-hybridized carbons (Fsp3) is 0.636. The maximum absolute atomic E-state index is 10.5. The van der Waals surface area contributed by atoms with Crippen molar-refractivity contribution in [3.8, 4) is 0 Å². The van der Waals surface area contributed by atoms with Gasteiger partial charge in [0.2, 0.25) is 0 Å². The quantitative estimate of drug-likeness (QED) is 0.620. The van der Waals surface area contributed by atoms with E-state index in [4.69, 9.17) is 5.11 Å². The fourth-order valence-electron chi connectivity index (χ4n) is 0.763. The third-order valence-corrected chi connectivity index (χ3v) is 1.72. The number of aliphatic hydroxyl groups is 1. The van der Waals surface area contributed by atoms with Gasteiger partial charge in [-0.1, -0.05) is 13.3 Å². The number of aliphatic hydroxyl groups excluding tert-OH is 1. The van der Waals surface area contributed by atoms with Crippen molar-refractivity contribution in [3.63, 3.8) is 0 Å². The largest absolute Gasteiger partial charge is 0.464 e. The first-order valence-electron chi connectivity index (χ1n) is 5.34. The van der Waals surface area contributed by atoms with Crippen LogP contribution in [0.1, 0.15) is 26.7 Å². The standard InChI is InChI=1S/C7H14O3.C4H6N2/c1-3-4-5-10-7(9)6(2)8;1-6-3-2-5-4-6/h6,8H,3-5H2,1-2H3;2-4H,1H3. The van der Waals surface area contributed by atoms with Crippen LogP contribution in [0.25, 0.3) is 0 Å². The number of nitrogens with zero attached hydrogens (tertiary/aromatic N) is 2. The average molecular weight is 228 g/mol. The van der Waals surface area contributed by atoms with Crippen LogP contribution in [0.4, 0.5) is 0 Å². The summed E-state index contributed by atoms with van der Waals surface area (Å²) in [6, 6.07) is 0. The van der Waals surface area contributed by atoms with E-state index in [1.165, 1.54) is 6.92 Å². The van der Waals surface area contributed by atoms with Gasteiger partial charge in [-0.3, -0.25) is 0 Å². The van der Waals surface area contributed by atoms with Crippen LogP contribution in [-0.2, 0) is 16.6 Å². The SMILES string of the molecule is CCCCOC(=O)C(C)O.Cn1ccnc1. The second-order valence-corrected chi connectivity index (χ2v) is 3.43. The minimum absolute atomic E-state index is 0.417. The minimum Gasteiger partial charge on any atom is -0.464 e. The molecule has 1 atom stereocenters. The molecule has 0 aliphatic heterocycles. The molecule has 0 radical (unpaired) electrons. The van der Waals surface area contributed by atoms with E-state index in [0.717, 1.165) is 12.8 Å². The molecular weight excluding hydrogens is 208 g/mol. The number of esters is 1. The van der Waals surface area contributed by atoms with Crippen molar-refractivity contribution >= 4 is 5.97 Å². The Morgan fingerprint density at radius 2 is 2.31 bits per heavy atom. The van der Waals surface area contributed by atoms with Crippen LogP contribution in [-0.4, -0.2) is 33.3 Å². The van der Waals surface area contributed by atoms with E-state index < -0.39 is 12.1 Å². The van der Waals surface area contributed by atoms with Gasteiger partial charge in [0, 0.05) is 19.4 Å². The van der Waals surface area contributed by atoms with Crippen LogP contribution in [0.15, 0.2) is 18.7 Å². The van der Waals surface area contributed by atoms with Gasteiger partial charge in [-0.2, -0.15) is 0 Å². The number of ether oxygens (including phenoxy) is 1. The summed E-state index contributed by atoms with van der Waals surface area (Å²) >= 11 is 0. The Labute approximate surface area is 96.1 Å². The van der Waals surface area contributed by atoms with Crippen molar-refractivity contribution in [3.05, 3.63) is 18.7 Å². The van der Waals surface area contributed by atoms with E-state index in [0.29, 0.717) is 6.61 Å². The lowest BCUT2D eigenvalue weighted by Crippen LogP contribution is -2.19. The van der Waals surface area contributed by atoms with Crippen LogP contribution in [0.3, 0.4) is 0 Å². The van der Waals surface area contributed by atoms with Gasteiger partial charge in [-0.05, 0) is 13.3 Å². The molecule has 5 heteroatoms. The molecule has 0 aliphatic carbocycles. The predicted octanol–water partition coefficient (Wildman–Crippen LogP) is 1.13. The van der Waals surface area contributed by atoms with Crippen LogP contribution in [0, 0.1) is 0 Å². The highest BCUT2D eigenvalue weighted by Gasteiger charge is 2.08. The van der Waals surface area contributed by atoms with Crippen LogP contribution < -0.4 is 0 Å². The number of hydrogen-bond acceptors (Lipinski definition) is 4. The van der Waals surface area contributed by atoms with Crippen molar-refractivity contribution in [2.24, 2.45) is 7.05 Å². The Bertz CT molecular complexity index is 271. The Kier molecular flexibility index (Phi) is 8.15. The molecule has 1 heterocycles. The molecule has 0 aromatic carbocycles. The number of aryl methyl sites for hydroxylation is 1. The first kappa shape index (κ1) is 14.6. The molecule has 92 valence electrons. The van der Waals surface area contributed by atoms with Crippen molar-refractivity contribution in [2.75, 3.05) is 6.61 Å². The number of aromatic nitrogens is 2. The molecule has 0 aliphatic rings. The molecule has 0 bridgehead atoms. The van der Waals surface area contributed by atoms with Crippen molar-refractivity contribution in [2.45, 2.75) is 32.8 Å². The summed E-state index contributed by atoms with van der Waals surface area (Å²) in [4.78, 5) is 14.3. The summed E-state index contributed by atoms with van der Waals surface area (Å²) in [5.74, 6) is -0.534. The van der Waals surface area contributed by atoms with Gasteiger partial charge in [0.05, 0.1) is 12.9 Å². The summed E-state index contributed by atoms with van der Waals surface area (Å²) in [5, 5.41) is 8.65. The molecule has 0 saturated heterocycles. The lowest BCUT2D eigenvalue weighted by atomic mass is 10.3. The van der Waals surface area contributed by atoms with Gasteiger partial charge in [-0.25, -0.2) is 9.78 Å². The molecule has 0 fully saturated rings. The van der Waals surface area contributed by atoms with Crippen LogP contribution in [0.2, 0.25) is 0 Å². The third-order valence-electron chi connectivity index (χ3n) is 1.72. The summed E-state index contributed by atoms with van der Waals surface area (Å²) < 4.78 is 6.54. The lowest BCUT2D eigenvalue weighted by Gasteiger charge is -2.04. The topological polar surface area (TPSA) is 64.3 Å². The van der Waals surface area contributed by atoms with Crippen molar-refractivity contribution in [1.29, 1.82) is 0 Å². The molecule has 1 N–H and O–H groups in total. The molecular formula is C11H20N2O3. The van der Waals surface area contributed by atoms with Gasteiger partial charge in [0.25, 0.3) is 0 Å². The first-order valence-corrected chi connectivity index (χ1v) is 5.34. The van der Waals surface area contributed by atoms with E-state index in [1.54, 1.807) is 12.5 Å². The zero-order chi connectivity index (χ0) is 12.4. The van der Waals surface area contributed by atoms with Crippen LogP contribution >= 0.6 is 0 Å². The number of rotatable bonds is 4. The summed E-state index contributed by atoms with van der Waals surface area (Å²) in [6.45, 7) is 3.82. The van der Waals surface area contributed by atoms with E-state index >= 15 is 0 Å². The van der Waals surface area contributed by atoms with Crippen molar-refractivity contribution < 1.29 is 14.6 Å². The highest BCUT2D eigenvalue weighted by molar-refractivity contribution is 5.73. The molecule has 1 rings (SSSR count). The average Bonchev–Trinajstić information content (AvgIpc) is 2.70. The Morgan fingerprint density at radius 3 is 2.62 bits per heavy atom. The zero-order valence-electron chi connectivity index (χ0n) is 10.1. The van der Waals surface area contributed by atoms with Crippen LogP contribution in [0.5, 0.6) is 0 Å². The molecule has 1 unspecified atom stereocenters. The summed E-state index contributed by atoms with van der Waals surface area (Å²) in [5.41, 5.74) is 0. The fourth-order valence-corrected chi connectivity index (χ4v) is 0.763. The van der Waals surface area contributed by atoms with Crippen molar-refractivity contribution in [1.82, 2.24) is 9.55 Å². The van der Waals surface area contributed by atoms with E-state index in [9.17, 15) is 4.79 Å². The van der Waals surface area contributed by atoms with Gasteiger partial charge in [0.15, 0.2) is 0 Å². The third kappa shape index (κ3) is 7.99. The molecule has 1 aromatic heterocycles. The van der Waals surface area contributed by atoms with E-state index in [2.05, 4.69) is 9.72 Å². The van der Waals surface area contributed by atoms with Gasteiger partial charge >= 0.3 is 5.97 Å². The second kappa shape index (κ2) is 8.91. The number of imidazole rings is 1. The van der Waals surface area contributed by atoms with E-state index in [1.807, 2.05) is 24.7 Å². The smallest absolute Gasteiger partial charge is 0.334 e. The molecule has 1 aromatic rings. The number of hydrogen-bond donors (Lipinski definition) is 1. The molecule has 16 heavy (non-hydrogen) atoms. The maximum atomic E-state index is 10.5. The predicted molar refractivity (Wildman–Crippen MR) is 60.8 cm³/mol. The summed E-state index contributed by atoms with van der Waals surface area (Å²) in [7, 11) is 1.94. The Morgan fingerprint density at radius 1 is 1.62 bits per heavy atom. The zero-order valence-corrected chi connectivity index (χ0v) is 10.1.